The zero-order chi connectivity index (χ0) is 13.3. The topological polar surface area (TPSA) is 79.4 Å². The fraction of sp³-hybridized carbons (Fsp3) is 0.750. The Bertz CT molecular complexity index is 463. The Morgan fingerprint density at radius 1 is 1.58 bits per heavy atom. The van der Waals surface area contributed by atoms with Gasteiger partial charge in [0.05, 0.1) is 29.5 Å². The number of nitrogens with zero attached hydrogens (tertiary/aromatic N) is 3. The van der Waals surface area contributed by atoms with Crippen LogP contribution >= 0.6 is 0 Å². The second-order valence-electron chi connectivity index (χ2n) is 5.23. The van der Waals surface area contributed by atoms with Crippen molar-refractivity contribution in [1.82, 2.24) is 9.78 Å². The maximum Gasteiger partial charge on any atom is 0.389 e. The summed E-state index contributed by atoms with van der Waals surface area (Å²) in [5.41, 5.74) is -0.234. The number of aromatic nitrogens is 2. The second-order valence-corrected chi connectivity index (χ2v) is 5.23. The first-order chi connectivity index (χ1) is 9.17. The van der Waals surface area contributed by atoms with Crippen LogP contribution in [0, 0.1) is 10.1 Å². The molecule has 0 spiro atoms. The summed E-state index contributed by atoms with van der Waals surface area (Å²) in [5.74, 6) is -0.121. The first-order valence-corrected chi connectivity index (χ1v) is 6.64. The smallest absolute Gasteiger partial charge is 0.358 e. The summed E-state index contributed by atoms with van der Waals surface area (Å²) in [7, 11) is 0. The number of hydrogen-bond donors (Lipinski definition) is 0. The van der Waals surface area contributed by atoms with Crippen molar-refractivity contribution in [1.29, 1.82) is 0 Å². The van der Waals surface area contributed by atoms with E-state index in [0.717, 1.165) is 38.7 Å². The lowest BCUT2D eigenvalue weighted by Crippen LogP contribution is -2.32. The molecule has 1 saturated carbocycles. The minimum atomic E-state index is -0.485. The molecule has 2 aliphatic rings. The molecule has 19 heavy (non-hydrogen) atoms. The van der Waals surface area contributed by atoms with Crippen LogP contribution in [0.1, 0.15) is 32.1 Å². The number of hydrogen-bond acceptors (Lipinski definition) is 5. The molecule has 1 unspecified atom stereocenters. The Balaban J connectivity index is 1.59. The van der Waals surface area contributed by atoms with E-state index in [1.807, 2.05) is 0 Å². The molecule has 1 aliphatic carbocycles. The van der Waals surface area contributed by atoms with Crippen LogP contribution in [0.15, 0.2) is 12.3 Å². The van der Waals surface area contributed by atoms with E-state index in [4.69, 9.17) is 9.47 Å². The van der Waals surface area contributed by atoms with Gasteiger partial charge in [-0.25, -0.2) is 0 Å². The van der Waals surface area contributed by atoms with Crippen molar-refractivity contribution in [3.05, 3.63) is 22.4 Å². The zero-order valence-corrected chi connectivity index (χ0v) is 10.7. The lowest BCUT2D eigenvalue weighted by molar-refractivity contribution is -0.389. The highest BCUT2D eigenvalue weighted by molar-refractivity contribution is 5.14. The fourth-order valence-corrected chi connectivity index (χ4v) is 2.37. The van der Waals surface area contributed by atoms with Gasteiger partial charge in [-0.05, 0) is 37.0 Å². The van der Waals surface area contributed by atoms with Crippen molar-refractivity contribution >= 4 is 5.82 Å². The van der Waals surface area contributed by atoms with Crippen molar-refractivity contribution in [2.75, 3.05) is 6.61 Å². The van der Waals surface area contributed by atoms with E-state index in [0.29, 0.717) is 6.54 Å². The van der Waals surface area contributed by atoms with Gasteiger partial charge >= 0.3 is 5.82 Å². The first kappa shape index (κ1) is 12.6. The molecule has 104 valence electrons. The largest absolute Gasteiger partial charge is 0.389 e. The Morgan fingerprint density at radius 3 is 3.00 bits per heavy atom. The summed E-state index contributed by atoms with van der Waals surface area (Å²) in [6.07, 6.45) is 6.58. The summed E-state index contributed by atoms with van der Waals surface area (Å²) in [4.78, 5) is 10.1. The molecule has 2 fully saturated rings. The van der Waals surface area contributed by atoms with E-state index < -0.39 is 4.92 Å². The van der Waals surface area contributed by atoms with Crippen molar-refractivity contribution in [3.8, 4) is 0 Å². The van der Waals surface area contributed by atoms with Gasteiger partial charge in [-0.1, -0.05) is 0 Å². The van der Waals surface area contributed by atoms with Gasteiger partial charge in [0.1, 0.15) is 0 Å². The third-order valence-corrected chi connectivity index (χ3v) is 3.59. The van der Waals surface area contributed by atoms with Crippen LogP contribution in [0.3, 0.4) is 0 Å². The highest BCUT2D eigenvalue weighted by Gasteiger charge is 2.47. The molecular weight excluding hydrogens is 250 g/mol. The maximum absolute atomic E-state index is 10.6. The van der Waals surface area contributed by atoms with Gasteiger partial charge in [-0.2, -0.15) is 4.68 Å². The van der Waals surface area contributed by atoms with Crippen LogP contribution < -0.4 is 0 Å². The predicted octanol–water partition coefficient (Wildman–Crippen LogP) is 1.87. The molecule has 0 radical (unpaired) electrons. The van der Waals surface area contributed by atoms with Crippen LogP contribution in [0.2, 0.25) is 0 Å². The van der Waals surface area contributed by atoms with Crippen LogP contribution in [-0.4, -0.2) is 33.2 Å². The van der Waals surface area contributed by atoms with E-state index in [9.17, 15) is 10.1 Å². The molecule has 3 rings (SSSR count). The van der Waals surface area contributed by atoms with Gasteiger partial charge in [-0.15, -0.1) is 0 Å². The van der Waals surface area contributed by atoms with E-state index in [2.05, 4.69) is 5.10 Å². The van der Waals surface area contributed by atoms with Crippen molar-refractivity contribution in [2.24, 2.45) is 0 Å². The Labute approximate surface area is 110 Å². The molecule has 1 atom stereocenters. The zero-order valence-electron chi connectivity index (χ0n) is 10.7. The quantitative estimate of drug-likeness (QED) is 0.601. The average Bonchev–Trinajstić information content (AvgIpc) is 2.97. The lowest BCUT2D eigenvalue weighted by Gasteiger charge is -2.27. The Hall–Kier alpha value is -1.47. The minimum Gasteiger partial charge on any atom is -0.358 e. The molecular formula is C12H17N3O4. The summed E-state index contributed by atoms with van der Waals surface area (Å²) in [6.45, 7) is 1.31. The second kappa shape index (κ2) is 4.90. The molecule has 0 aromatic carbocycles. The van der Waals surface area contributed by atoms with Gasteiger partial charge in [0.2, 0.25) is 0 Å². The molecule has 7 nitrogen and oxygen atoms in total. The van der Waals surface area contributed by atoms with Crippen LogP contribution in [0.5, 0.6) is 0 Å². The lowest BCUT2D eigenvalue weighted by atomic mass is 10.2. The van der Waals surface area contributed by atoms with Gasteiger partial charge in [0.15, 0.2) is 6.29 Å². The normalized spacial score (nSPS) is 25.2. The van der Waals surface area contributed by atoms with Gasteiger partial charge in [-0.3, -0.25) is 0 Å². The highest BCUT2D eigenvalue weighted by atomic mass is 16.7. The number of rotatable bonds is 5. The molecule has 1 aliphatic heterocycles. The molecule has 1 aromatic heterocycles. The van der Waals surface area contributed by atoms with Gasteiger partial charge in [0.25, 0.3) is 0 Å². The van der Waals surface area contributed by atoms with Crippen molar-refractivity contribution in [2.45, 2.75) is 50.5 Å². The molecule has 1 aromatic rings. The molecule has 0 amide bonds. The number of nitro groups is 1. The van der Waals surface area contributed by atoms with Crippen LogP contribution in [-0.2, 0) is 16.0 Å². The average molecular weight is 267 g/mol. The third-order valence-electron chi connectivity index (χ3n) is 3.59. The van der Waals surface area contributed by atoms with Crippen LogP contribution in [0.25, 0.3) is 0 Å². The molecule has 1 saturated heterocycles. The summed E-state index contributed by atoms with van der Waals surface area (Å²) >= 11 is 0. The Kier molecular flexibility index (Phi) is 3.24. The van der Waals surface area contributed by atoms with E-state index in [-0.39, 0.29) is 17.7 Å². The van der Waals surface area contributed by atoms with E-state index >= 15 is 0 Å². The fourth-order valence-electron chi connectivity index (χ4n) is 2.37. The monoisotopic (exact) mass is 267 g/mol. The van der Waals surface area contributed by atoms with E-state index in [1.54, 1.807) is 10.9 Å². The standard InChI is InChI=1S/C12H17N3O4/c16-15(17)10-4-7-14(13-10)9-12(5-6-12)19-11-3-1-2-8-18-11/h4,7,11H,1-3,5-6,8-9H2. The maximum atomic E-state index is 10.6. The summed E-state index contributed by atoms with van der Waals surface area (Å²) < 4.78 is 13.2. The van der Waals surface area contributed by atoms with Crippen molar-refractivity contribution in [3.63, 3.8) is 0 Å². The Morgan fingerprint density at radius 2 is 2.42 bits per heavy atom. The summed E-state index contributed by atoms with van der Waals surface area (Å²) in [5, 5.41) is 14.5. The minimum absolute atomic E-state index is 0.121. The SMILES string of the molecule is O=[N+]([O-])c1ccn(CC2(OC3CCCCO3)CC2)n1. The van der Waals surface area contributed by atoms with Crippen molar-refractivity contribution < 1.29 is 14.4 Å². The van der Waals surface area contributed by atoms with Gasteiger partial charge < -0.3 is 19.6 Å². The van der Waals surface area contributed by atoms with Crippen LogP contribution in [0.4, 0.5) is 5.82 Å². The number of ether oxygens (including phenoxy) is 2. The molecule has 2 heterocycles. The summed E-state index contributed by atoms with van der Waals surface area (Å²) in [6, 6.07) is 1.41. The first-order valence-electron chi connectivity index (χ1n) is 6.64. The highest BCUT2D eigenvalue weighted by Crippen LogP contribution is 2.43. The molecule has 0 bridgehead atoms. The molecule has 0 N–H and O–H groups in total. The predicted molar refractivity (Wildman–Crippen MR) is 65.5 cm³/mol. The van der Waals surface area contributed by atoms with Gasteiger partial charge in [0, 0.05) is 6.61 Å². The third kappa shape index (κ3) is 2.93. The van der Waals surface area contributed by atoms with E-state index in [1.165, 1.54) is 6.07 Å². The molecule has 7 heteroatoms.